The zero-order valence-corrected chi connectivity index (χ0v) is 22.5. The first-order chi connectivity index (χ1) is 17.5. The van der Waals surface area contributed by atoms with E-state index in [-0.39, 0.29) is 0 Å². The fraction of sp³-hybridized carbons (Fsp3) is 0.0714. The fourth-order valence-corrected chi connectivity index (χ4v) is 5.75. The van der Waals surface area contributed by atoms with E-state index in [1.807, 2.05) is 84.9 Å². The number of hydrogen-bond acceptors (Lipinski definition) is 6. The average molecular weight is 552 g/mol. The molecule has 4 aromatic carbocycles. The van der Waals surface area contributed by atoms with Gasteiger partial charge in [-0.05, 0) is 84.9 Å². The molecule has 180 valence electrons. The van der Waals surface area contributed by atoms with Crippen molar-refractivity contribution in [3.8, 4) is 32.6 Å². The summed E-state index contributed by atoms with van der Waals surface area (Å²) in [5, 5.41) is 3.42. The number of aromatic nitrogens is 2. The third-order valence-electron chi connectivity index (χ3n) is 5.37. The van der Waals surface area contributed by atoms with E-state index in [4.69, 9.17) is 32.7 Å². The molecule has 0 atom stereocenters. The Morgan fingerprint density at radius 3 is 1.31 bits per heavy atom. The summed E-state index contributed by atoms with van der Waals surface area (Å²) in [6, 6.07) is 27.4. The number of benzene rings is 4. The van der Waals surface area contributed by atoms with Crippen LogP contribution in [0.25, 0.3) is 41.6 Å². The molecule has 0 fully saturated rings. The van der Waals surface area contributed by atoms with Crippen molar-refractivity contribution in [3.05, 3.63) is 95.0 Å². The van der Waals surface area contributed by atoms with E-state index in [2.05, 4.69) is 9.97 Å². The zero-order valence-electron chi connectivity index (χ0n) is 19.4. The molecule has 0 aliphatic heterocycles. The van der Waals surface area contributed by atoms with Crippen LogP contribution in [0.15, 0.2) is 84.9 Å². The van der Waals surface area contributed by atoms with E-state index in [1.54, 1.807) is 36.9 Å². The summed E-state index contributed by atoms with van der Waals surface area (Å²) in [6.07, 6.45) is 0. The van der Waals surface area contributed by atoms with Crippen LogP contribution < -0.4 is 9.47 Å². The summed E-state index contributed by atoms with van der Waals surface area (Å²) in [4.78, 5) is 9.19. The number of fused-ring (bicyclic) bond motifs is 2. The molecule has 0 N–H and O–H groups in total. The molecule has 0 radical (unpaired) electrons. The highest BCUT2D eigenvalue weighted by molar-refractivity contribution is 7.22. The lowest BCUT2D eigenvalue weighted by molar-refractivity contribution is 0.415. The van der Waals surface area contributed by atoms with E-state index in [0.29, 0.717) is 10.0 Å². The number of thiazole rings is 2. The number of ether oxygens (including phenoxy) is 2. The Balaban J connectivity index is 0.000000148. The van der Waals surface area contributed by atoms with Gasteiger partial charge >= 0.3 is 0 Å². The normalized spacial score (nSPS) is 10.8. The van der Waals surface area contributed by atoms with Crippen molar-refractivity contribution < 1.29 is 9.47 Å². The summed E-state index contributed by atoms with van der Waals surface area (Å²) >= 11 is 15.2. The summed E-state index contributed by atoms with van der Waals surface area (Å²) in [6.45, 7) is 0. The van der Waals surface area contributed by atoms with Crippen LogP contribution in [0.2, 0.25) is 10.0 Å². The molecule has 0 bridgehead atoms. The molecule has 8 heteroatoms. The molecular formula is C28H20Cl2N2O2S2. The highest BCUT2D eigenvalue weighted by Crippen LogP contribution is 2.33. The maximum atomic E-state index is 5.96. The average Bonchev–Trinajstić information content (AvgIpc) is 3.53. The summed E-state index contributed by atoms with van der Waals surface area (Å²) < 4.78 is 12.6. The first kappa shape index (κ1) is 24.5. The Morgan fingerprint density at radius 1 is 0.556 bits per heavy atom. The Hall–Kier alpha value is -3.16. The molecule has 0 aliphatic carbocycles. The van der Waals surface area contributed by atoms with Crippen molar-refractivity contribution in [2.24, 2.45) is 0 Å². The van der Waals surface area contributed by atoms with Crippen molar-refractivity contribution in [2.45, 2.75) is 0 Å². The summed E-state index contributed by atoms with van der Waals surface area (Å²) in [5.41, 5.74) is 4.07. The van der Waals surface area contributed by atoms with Crippen LogP contribution in [0.3, 0.4) is 0 Å². The Bertz CT molecular complexity index is 1500. The third-order valence-corrected chi connectivity index (χ3v) is 8.01. The van der Waals surface area contributed by atoms with Gasteiger partial charge in [0.15, 0.2) is 0 Å². The van der Waals surface area contributed by atoms with E-state index >= 15 is 0 Å². The predicted molar refractivity (Wildman–Crippen MR) is 153 cm³/mol. The van der Waals surface area contributed by atoms with Gasteiger partial charge in [0.05, 0.1) is 34.7 Å². The maximum absolute atomic E-state index is 5.96. The van der Waals surface area contributed by atoms with Crippen LogP contribution in [-0.4, -0.2) is 24.2 Å². The van der Waals surface area contributed by atoms with Crippen molar-refractivity contribution in [2.75, 3.05) is 14.2 Å². The molecule has 6 aromatic rings. The van der Waals surface area contributed by atoms with Gasteiger partial charge in [-0.2, -0.15) is 0 Å². The molecule has 2 heterocycles. The molecule has 2 aromatic heterocycles. The lowest BCUT2D eigenvalue weighted by Crippen LogP contribution is -1.82. The number of methoxy groups -OCH3 is 2. The minimum atomic E-state index is 0.717. The molecule has 0 saturated carbocycles. The van der Waals surface area contributed by atoms with Crippen LogP contribution in [0, 0.1) is 0 Å². The highest BCUT2D eigenvalue weighted by Gasteiger charge is 2.08. The van der Waals surface area contributed by atoms with Crippen molar-refractivity contribution in [3.63, 3.8) is 0 Å². The van der Waals surface area contributed by atoms with Gasteiger partial charge in [0.2, 0.25) is 0 Å². The highest BCUT2D eigenvalue weighted by atomic mass is 35.5. The minimum Gasteiger partial charge on any atom is -0.497 e. The van der Waals surface area contributed by atoms with Gasteiger partial charge in [-0.3, -0.25) is 0 Å². The standard InChI is InChI=1S/2C14H10ClNOS/c2*1-17-11-5-2-9(3-6-11)14-16-12-8-10(15)4-7-13(12)18-14/h2*2-8H,1H3. The van der Waals surface area contributed by atoms with Gasteiger partial charge in [0.25, 0.3) is 0 Å². The smallest absolute Gasteiger partial charge is 0.124 e. The quantitative estimate of drug-likeness (QED) is 0.219. The lowest BCUT2D eigenvalue weighted by Gasteiger charge is -1.99. The predicted octanol–water partition coefficient (Wildman–Crippen LogP) is 9.25. The van der Waals surface area contributed by atoms with E-state index in [1.165, 1.54) is 0 Å². The van der Waals surface area contributed by atoms with Crippen LogP contribution in [0.4, 0.5) is 0 Å². The number of nitrogens with zero attached hydrogens (tertiary/aromatic N) is 2. The van der Waals surface area contributed by atoms with Crippen LogP contribution in [0.1, 0.15) is 0 Å². The van der Waals surface area contributed by atoms with Gasteiger partial charge in [-0.25, -0.2) is 9.97 Å². The van der Waals surface area contributed by atoms with Crippen LogP contribution in [-0.2, 0) is 0 Å². The van der Waals surface area contributed by atoms with E-state index in [9.17, 15) is 0 Å². The Morgan fingerprint density at radius 2 is 0.944 bits per heavy atom. The van der Waals surface area contributed by atoms with Crippen LogP contribution >= 0.6 is 45.9 Å². The second-order valence-corrected chi connectivity index (χ2v) is 10.7. The van der Waals surface area contributed by atoms with Gasteiger partial charge in [-0.15, -0.1) is 22.7 Å². The van der Waals surface area contributed by atoms with E-state index in [0.717, 1.165) is 53.1 Å². The largest absolute Gasteiger partial charge is 0.497 e. The monoisotopic (exact) mass is 550 g/mol. The Labute approximate surface area is 226 Å². The number of hydrogen-bond donors (Lipinski definition) is 0. The maximum Gasteiger partial charge on any atom is 0.124 e. The van der Waals surface area contributed by atoms with Crippen molar-refractivity contribution in [1.29, 1.82) is 0 Å². The van der Waals surface area contributed by atoms with Crippen molar-refractivity contribution >= 4 is 66.3 Å². The molecule has 6 rings (SSSR count). The van der Waals surface area contributed by atoms with Gasteiger partial charge < -0.3 is 9.47 Å². The summed E-state index contributed by atoms with van der Waals surface area (Å²) in [7, 11) is 3.32. The first-order valence-corrected chi connectivity index (χ1v) is 13.3. The van der Waals surface area contributed by atoms with Gasteiger partial charge in [0, 0.05) is 21.2 Å². The molecule has 0 amide bonds. The van der Waals surface area contributed by atoms with Crippen LogP contribution in [0.5, 0.6) is 11.5 Å². The van der Waals surface area contributed by atoms with Gasteiger partial charge in [0.1, 0.15) is 21.5 Å². The Kier molecular flexibility index (Phi) is 7.39. The minimum absolute atomic E-state index is 0.717. The molecule has 0 saturated heterocycles. The second kappa shape index (κ2) is 10.8. The molecule has 36 heavy (non-hydrogen) atoms. The number of rotatable bonds is 4. The summed E-state index contributed by atoms with van der Waals surface area (Å²) in [5.74, 6) is 1.70. The molecule has 0 aliphatic rings. The fourth-order valence-electron chi connectivity index (χ4n) is 3.52. The van der Waals surface area contributed by atoms with E-state index < -0.39 is 0 Å². The SMILES string of the molecule is COc1ccc(-c2nc3cc(Cl)ccc3s2)cc1.COc1ccc(-c2nc3cc(Cl)ccc3s2)cc1. The lowest BCUT2D eigenvalue weighted by atomic mass is 10.2. The second-order valence-electron chi connectivity index (χ2n) is 7.72. The van der Waals surface area contributed by atoms with Gasteiger partial charge in [-0.1, -0.05) is 23.2 Å². The van der Waals surface area contributed by atoms with Crippen molar-refractivity contribution in [1.82, 2.24) is 9.97 Å². The molecule has 4 nitrogen and oxygen atoms in total. The molecular weight excluding hydrogens is 531 g/mol. The zero-order chi connectivity index (χ0) is 25.1. The molecule has 0 unspecified atom stereocenters. The first-order valence-electron chi connectivity index (χ1n) is 10.9. The topological polar surface area (TPSA) is 44.2 Å². The molecule has 0 spiro atoms. The third kappa shape index (κ3) is 5.47. The number of halogens is 2.